The number of carbonyl (C=O) groups excluding carboxylic acids is 1. The second kappa shape index (κ2) is 7.78. The van der Waals surface area contributed by atoms with Crippen molar-refractivity contribution in [1.29, 1.82) is 0 Å². The smallest absolute Gasteiger partial charge is 0.224 e. The summed E-state index contributed by atoms with van der Waals surface area (Å²) in [5.41, 5.74) is 6.84. The second-order valence-electron chi connectivity index (χ2n) is 4.84. The molecule has 2 rings (SSSR count). The van der Waals surface area contributed by atoms with Gasteiger partial charge in [0.05, 0.1) is 0 Å². The first-order chi connectivity index (χ1) is 8.69. The van der Waals surface area contributed by atoms with Gasteiger partial charge in [0, 0.05) is 23.0 Å². The van der Waals surface area contributed by atoms with Crippen LogP contribution in [0.2, 0.25) is 0 Å². The number of halogens is 1. The number of thioether (sulfide) groups is 1. The molecule has 0 spiro atoms. The van der Waals surface area contributed by atoms with Gasteiger partial charge in [-0.2, -0.15) is 0 Å². The number of rotatable bonds is 4. The second-order valence-corrected chi connectivity index (χ2v) is 5.72. The lowest BCUT2D eigenvalue weighted by Crippen LogP contribution is -2.28. The van der Waals surface area contributed by atoms with Crippen LogP contribution in [0.25, 0.3) is 0 Å². The van der Waals surface area contributed by atoms with E-state index < -0.39 is 0 Å². The van der Waals surface area contributed by atoms with Crippen LogP contribution < -0.4 is 11.1 Å². The zero-order valence-corrected chi connectivity index (χ0v) is 12.7. The maximum atomic E-state index is 11.9. The molecule has 3 N–H and O–H groups in total. The largest absolute Gasteiger partial charge is 0.327 e. The molecule has 0 heterocycles. The minimum absolute atomic E-state index is 0. The van der Waals surface area contributed by atoms with Gasteiger partial charge in [-0.1, -0.05) is 6.42 Å². The summed E-state index contributed by atoms with van der Waals surface area (Å²) in [6.45, 7) is 0. The van der Waals surface area contributed by atoms with Crippen LogP contribution in [0, 0.1) is 5.92 Å². The lowest BCUT2D eigenvalue weighted by Gasteiger charge is -2.14. The van der Waals surface area contributed by atoms with Crippen LogP contribution in [-0.2, 0) is 4.79 Å². The van der Waals surface area contributed by atoms with Crippen molar-refractivity contribution in [3.63, 3.8) is 0 Å². The predicted octanol–water partition coefficient (Wildman–Crippen LogP) is 3.29. The molecular formula is C14H21ClN2OS. The minimum atomic E-state index is 0. The molecular weight excluding hydrogens is 280 g/mol. The fraction of sp³-hybridized carbons (Fsp3) is 0.500. The van der Waals surface area contributed by atoms with Crippen LogP contribution in [0.4, 0.5) is 5.69 Å². The van der Waals surface area contributed by atoms with E-state index in [0.717, 1.165) is 24.9 Å². The van der Waals surface area contributed by atoms with Gasteiger partial charge in [-0.25, -0.2) is 0 Å². The molecule has 3 nitrogen and oxygen atoms in total. The van der Waals surface area contributed by atoms with Crippen LogP contribution in [0.1, 0.15) is 25.7 Å². The van der Waals surface area contributed by atoms with Crippen LogP contribution in [-0.4, -0.2) is 18.2 Å². The summed E-state index contributed by atoms with van der Waals surface area (Å²) in [4.78, 5) is 13.1. The average Bonchev–Trinajstić information content (AvgIpc) is 2.76. The highest BCUT2D eigenvalue weighted by atomic mass is 35.5. The van der Waals surface area contributed by atoms with Crippen molar-refractivity contribution in [2.75, 3.05) is 11.6 Å². The van der Waals surface area contributed by atoms with Gasteiger partial charge in [-0.15, -0.1) is 24.2 Å². The Morgan fingerprint density at radius 3 is 2.58 bits per heavy atom. The summed E-state index contributed by atoms with van der Waals surface area (Å²) in [6.07, 6.45) is 5.88. The Morgan fingerprint density at radius 1 is 1.37 bits per heavy atom. The molecule has 5 heteroatoms. The molecule has 0 aromatic heterocycles. The Hall–Kier alpha value is -0.710. The summed E-state index contributed by atoms with van der Waals surface area (Å²) in [5.74, 6) is 0.435. The first-order valence-corrected chi connectivity index (χ1v) is 7.61. The normalized spacial score (nSPS) is 21.8. The van der Waals surface area contributed by atoms with Crippen molar-refractivity contribution in [2.24, 2.45) is 11.7 Å². The third-order valence-corrected chi connectivity index (χ3v) is 4.28. The Morgan fingerprint density at radius 2 is 2.05 bits per heavy atom. The number of amides is 1. The molecule has 106 valence electrons. The molecule has 1 aliphatic rings. The first kappa shape index (κ1) is 16.3. The maximum absolute atomic E-state index is 11.9. The highest BCUT2D eigenvalue weighted by molar-refractivity contribution is 7.98. The van der Waals surface area contributed by atoms with E-state index in [-0.39, 0.29) is 24.4 Å². The van der Waals surface area contributed by atoms with Gasteiger partial charge in [0.25, 0.3) is 0 Å². The number of nitrogens with two attached hydrogens (primary N) is 1. The van der Waals surface area contributed by atoms with Gasteiger partial charge in [-0.05, 0) is 49.3 Å². The van der Waals surface area contributed by atoms with Crippen LogP contribution >= 0.6 is 24.2 Å². The van der Waals surface area contributed by atoms with Crippen molar-refractivity contribution in [2.45, 2.75) is 36.6 Å². The summed E-state index contributed by atoms with van der Waals surface area (Å²) >= 11 is 1.69. The van der Waals surface area contributed by atoms with Crippen LogP contribution in [0.5, 0.6) is 0 Å². The fourth-order valence-electron chi connectivity index (χ4n) is 2.44. The van der Waals surface area contributed by atoms with Gasteiger partial charge < -0.3 is 11.1 Å². The molecule has 2 atom stereocenters. The van der Waals surface area contributed by atoms with E-state index in [1.165, 1.54) is 4.90 Å². The topological polar surface area (TPSA) is 55.1 Å². The van der Waals surface area contributed by atoms with E-state index in [2.05, 4.69) is 5.32 Å². The van der Waals surface area contributed by atoms with Gasteiger partial charge in [0.1, 0.15) is 0 Å². The Kier molecular flexibility index (Phi) is 6.69. The highest BCUT2D eigenvalue weighted by Gasteiger charge is 2.25. The average molecular weight is 301 g/mol. The monoisotopic (exact) mass is 300 g/mol. The summed E-state index contributed by atoms with van der Waals surface area (Å²) in [6, 6.07) is 8.12. The Labute approximate surface area is 125 Å². The Balaban J connectivity index is 0.00000180. The standard InChI is InChI=1S/C14H20N2OS.ClH/c1-18-12-7-5-11(6-8-12)16-14(17)9-10-3-2-4-13(10)15;/h5-8,10,13H,2-4,9,15H2,1H3,(H,16,17);1H/t10-,13+;/m0./s1. The zero-order valence-electron chi connectivity index (χ0n) is 11.1. The molecule has 1 amide bonds. The highest BCUT2D eigenvalue weighted by Crippen LogP contribution is 2.27. The van der Waals surface area contributed by atoms with Crippen molar-refractivity contribution in [3.8, 4) is 0 Å². The SMILES string of the molecule is CSc1ccc(NC(=O)C[C@@H]2CCC[C@H]2N)cc1.Cl. The number of benzene rings is 1. The lowest BCUT2D eigenvalue weighted by atomic mass is 10.00. The van der Waals surface area contributed by atoms with Gasteiger partial charge in [0.15, 0.2) is 0 Å². The third-order valence-electron chi connectivity index (χ3n) is 3.54. The predicted molar refractivity (Wildman–Crippen MR) is 84.0 cm³/mol. The third kappa shape index (κ3) is 4.71. The fourth-order valence-corrected chi connectivity index (χ4v) is 2.85. The summed E-state index contributed by atoms with van der Waals surface area (Å²) in [5, 5.41) is 2.94. The van der Waals surface area contributed by atoms with Gasteiger partial charge in [-0.3, -0.25) is 4.79 Å². The van der Waals surface area contributed by atoms with E-state index in [1.807, 2.05) is 30.5 Å². The number of nitrogens with one attached hydrogen (secondary N) is 1. The van der Waals surface area contributed by atoms with Crippen molar-refractivity contribution >= 4 is 35.8 Å². The molecule has 19 heavy (non-hydrogen) atoms. The number of hydrogen-bond acceptors (Lipinski definition) is 3. The minimum Gasteiger partial charge on any atom is -0.327 e. The van der Waals surface area contributed by atoms with E-state index in [0.29, 0.717) is 12.3 Å². The van der Waals surface area contributed by atoms with E-state index in [4.69, 9.17) is 5.73 Å². The molecule has 0 radical (unpaired) electrons. The first-order valence-electron chi connectivity index (χ1n) is 6.38. The molecule has 1 aromatic rings. The van der Waals surface area contributed by atoms with Crippen molar-refractivity contribution < 1.29 is 4.79 Å². The van der Waals surface area contributed by atoms with Crippen LogP contribution in [0.15, 0.2) is 29.2 Å². The molecule has 1 fully saturated rings. The number of anilines is 1. The molecule has 1 aromatic carbocycles. The summed E-state index contributed by atoms with van der Waals surface area (Å²) in [7, 11) is 0. The molecule has 0 unspecified atom stereocenters. The quantitative estimate of drug-likeness (QED) is 0.839. The number of hydrogen-bond donors (Lipinski definition) is 2. The van der Waals surface area contributed by atoms with Gasteiger partial charge in [0.2, 0.25) is 5.91 Å². The van der Waals surface area contributed by atoms with E-state index in [1.54, 1.807) is 11.8 Å². The molecule has 0 bridgehead atoms. The zero-order chi connectivity index (χ0) is 13.0. The maximum Gasteiger partial charge on any atom is 0.224 e. The molecule has 1 aliphatic carbocycles. The van der Waals surface area contributed by atoms with Crippen LogP contribution in [0.3, 0.4) is 0 Å². The van der Waals surface area contributed by atoms with Crippen molar-refractivity contribution in [1.82, 2.24) is 0 Å². The number of carbonyl (C=O) groups is 1. The van der Waals surface area contributed by atoms with Crippen molar-refractivity contribution in [3.05, 3.63) is 24.3 Å². The molecule has 1 saturated carbocycles. The Bertz CT molecular complexity index is 410. The lowest BCUT2D eigenvalue weighted by molar-refractivity contribution is -0.117. The molecule has 0 saturated heterocycles. The van der Waals surface area contributed by atoms with E-state index >= 15 is 0 Å². The molecule has 0 aliphatic heterocycles. The summed E-state index contributed by atoms with van der Waals surface area (Å²) < 4.78 is 0. The van der Waals surface area contributed by atoms with E-state index in [9.17, 15) is 4.79 Å². The van der Waals surface area contributed by atoms with Gasteiger partial charge >= 0.3 is 0 Å².